The van der Waals surface area contributed by atoms with Crippen molar-refractivity contribution < 1.29 is 0 Å². The molecule has 0 bridgehead atoms. The van der Waals surface area contributed by atoms with E-state index in [1.807, 2.05) is 48.7 Å². The number of benzene rings is 2. The van der Waals surface area contributed by atoms with Crippen LogP contribution in [0.2, 0.25) is 5.02 Å². The number of imidazole rings is 1. The average Bonchev–Trinajstić information content (AvgIpc) is 3.11. The lowest BCUT2D eigenvalue weighted by atomic mass is 10.1. The Morgan fingerprint density at radius 3 is 2.44 bits per heavy atom. The summed E-state index contributed by atoms with van der Waals surface area (Å²) in [6.45, 7) is 0.952. The van der Waals surface area contributed by atoms with Crippen molar-refractivity contribution in [1.82, 2.24) is 9.55 Å². The van der Waals surface area contributed by atoms with Gasteiger partial charge in [0.2, 0.25) is 0 Å². The van der Waals surface area contributed by atoms with Crippen LogP contribution in [0.25, 0.3) is 0 Å². The number of halogens is 3. The van der Waals surface area contributed by atoms with Gasteiger partial charge in [-0.15, -0.1) is 11.8 Å². The molecule has 6 heteroatoms. The van der Waals surface area contributed by atoms with E-state index in [-0.39, 0.29) is 0 Å². The topological polar surface area (TPSA) is 17.8 Å². The van der Waals surface area contributed by atoms with Gasteiger partial charge < -0.3 is 4.57 Å². The van der Waals surface area contributed by atoms with Gasteiger partial charge >= 0.3 is 0 Å². The molecular weight excluding hydrogens is 484 g/mol. The van der Waals surface area contributed by atoms with Crippen LogP contribution in [0.5, 0.6) is 0 Å². The number of hydrogen-bond donors (Lipinski definition) is 0. The largest absolute Gasteiger partial charge is 0.337 e. The van der Waals surface area contributed by atoms with Crippen molar-refractivity contribution in [1.29, 1.82) is 0 Å². The summed E-state index contributed by atoms with van der Waals surface area (Å²) < 4.78 is 4.37. The zero-order valence-corrected chi connectivity index (χ0v) is 18.2. The van der Waals surface area contributed by atoms with Crippen molar-refractivity contribution in [3.63, 3.8) is 0 Å². The molecule has 1 heterocycles. The maximum absolute atomic E-state index is 6.02. The van der Waals surface area contributed by atoms with Crippen molar-refractivity contribution in [2.45, 2.75) is 29.5 Å². The Morgan fingerprint density at radius 1 is 1.08 bits per heavy atom. The van der Waals surface area contributed by atoms with Gasteiger partial charge in [0.05, 0.1) is 6.33 Å². The molecule has 0 amide bonds. The van der Waals surface area contributed by atoms with Gasteiger partial charge in [0.25, 0.3) is 0 Å². The predicted octanol–water partition coefficient (Wildman–Crippen LogP) is 6.86. The summed E-state index contributed by atoms with van der Waals surface area (Å²) in [6, 6.07) is 14.4. The fraction of sp³-hybridized carbons (Fsp3) is 0.211. The zero-order chi connectivity index (χ0) is 17.6. The summed E-state index contributed by atoms with van der Waals surface area (Å²) in [5.74, 6) is 0. The second-order valence-corrected chi connectivity index (χ2v) is 9.17. The summed E-state index contributed by atoms with van der Waals surface area (Å²) in [7, 11) is 0. The fourth-order valence-corrected chi connectivity index (χ4v) is 5.44. The van der Waals surface area contributed by atoms with E-state index in [4.69, 9.17) is 11.6 Å². The van der Waals surface area contributed by atoms with Crippen LogP contribution in [-0.2, 0) is 13.0 Å². The molecule has 0 N–H and O–H groups in total. The molecule has 0 spiro atoms. The minimum absolute atomic E-state index is 0.443. The third-order valence-corrected chi connectivity index (χ3v) is 7.36. The number of aryl methyl sites for hydroxylation is 1. The van der Waals surface area contributed by atoms with Crippen molar-refractivity contribution in [2.75, 3.05) is 0 Å². The average molecular weight is 501 g/mol. The highest BCUT2D eigenvalue weighted by Crippen LogP contribution is 2.38. The number of thioether (sulfide) groups is 1. The lowest BCUT2D eigenvalue weighted by molar-refractivity contribution is 0.619. The van der Waals surface area contributed by atoms with E-state index >= 15 is 0 Å². The predicted molar refractivity (Wildman–Crippen MR) is 113 cm³/mol. The summed E-state index contributed by atoms with van der Waals surface area (Å²) in [5.41, 5.74) is 1.30. The Hall–Kier alpha value is -0.750. The van der Waals surface area contributed by atoms with Crippen molar-refractivity contribution in [3.8, 4) is 0 Å². The molecule has 3 rings (SSSR count). The molecule has 0 aliphatic rings. The number of nitrogens with zero attached hydrogens (tertiary/aromatic N) is 2. The fourth-order valence-electron chi connectivity index (χ4n) is 2.56. The molecule has 130 valence electrons. The van der Waals surface area contributed by atoms with Crippen molar-refractivity contribution >= 4 is 55.2 Å². The molecule has 1 atom stereocenters. The van der Waals surface area contributed by atoms with Crippen LogP contribution in [0, 0.1) is 0 Å². The van der Waals surface area contributed by atoms with Gasteiger partial charge in [-0.3, -0.25) is 0 Å². The maximum atomic E-state index is 6.02. The Kier molecular flexibility index (Phi) is 7.05. The number of hydrogen-bond acceptors (Lipinski definition) is 2. The Morgan fingerprint density at radius 2 is 1.80 bits per heavy atom. The first kappa shape index (κ1) is 19.0. The molecule has 0 saturated heterocycles. The highest BCUT2D eigenvalue weighted by atomic mass is 79.9. The van der Waals surface area contributed by atoms with Crippen LogP contribution in [0.4, 0.5) is 0 Å². The lowest BCUT2D eigenvalue weighted by Gasteiger charge is -2.19. The van der Waals surface area contributed by atoms with Crippen LogP contribution in [0.1, 0.15) is 12.0 Å². The van der Waals surface area contributed by atoms with Crippen LogP contribution in [-0.4, -0.2) is 14.8 Å². The summed E-state index contributed by atoms with van der Waals surface area (Å²) in [4.78, 5) is 5.38. The van der Waals surface area contributed by atoms with Crippen molar-refractivity contribution in [3.05, 3.63) is 80.7 Å². The third kappa shape index (κ3) is 5.61. The standard InChI is InChI=1S/C19H17Br2ClN2S/c20-17-2-1-3-18(21)19(17)25-16(8-10-24-11-9-23-13-24)12-14-4-6-15(22)7-5-14/h1-7,9,11,13,16H,8,10,12H2. The van der Waals surface area contributed by atoms with E-state index in [2.05, 4.69) is 65.7 Å². The Bertz CT molecular complexity index is 787. The first-order valence-electron chi connectivity index (χ1n) is 7.92. The number of rotatable bonds is 7. The van der Waals surface area contributed by atoms with E-state index in [1.165, 1.54) is 10.5 Å². The third-order valence-electron chi connectivity index (χ3n) is 3.85. The van der Waals surface area contributed by atoms with E-state index in [9.17, 15) is 0 Å². The molecule has 0 radical (unpaired) electrons. The lowest BCUT2D eigenvalue weighted by Crippen LogP contribution is -2.11. The molecule has 1 aromatic heterocycles. The molecule has 2 nitrogen and oxygen atoms in total. The van der Waals surface area contributed by atoms with Crippen LogP contribution < -0.4 is 0 Å². The molecule has 1 unspecified atom stereocenters. The van der Waals surface area contributed by atoms with E-state index in [0.29, 0.717) is 5.25 Å². The van der Waals surface area contributed by atoms with E-state index in [1.54, 1.807) is 0 Å². The molecule has 3 aromatic rings. The first-order chi connectivity index (χ1) is 12.1. The monoisotopic (exact) mass is 498 g/mol. The van der Waals surface area contributed by atoms with Crippen LogP contribution >= 0.6 is 55.2 Å². The second-order valence-electron chi connectivity index (χ2n) is 5.71. The smallest absolute Gasteiger partial charge is 0.0945 e. The normalized spacial score (nSPS) is 12.3. The van der Waals surface area contributed by atoms with Gasteiger partial charge in [0.1, 0.15) is 0 Å². The van der Waals surface area contributed by atoms with Gasteiger partial charge in [-0.2, -0.15) is 0 Å². The first-order valence-corrected chi connectivity index (χ1v) is 10.8. The van der Waals surface area contributed by atoms with Gasteiger partial charge in [0.15, 0.2) is 0 Å². The number of aromatic nitrogens is 2. The molecule has 25 heavy (non-hydrogen) atoms. The maximum Gasteiger partial charge on any atom is 0.0945 e. The Labute approximate surface area is 174 Å². The van der Waals surface area contributed by atoms with Crippen LogP contribution in [0.15, 0.2) is 75.0 Å². The summed E-state index contributed by atoms with van der Waals surface area (Å²) in [6.07, 6.45) is 7.75. The molecule has 2 aromatic carbocycles. The Balaban J connectivity index is 1.76. The zero-order valence-electron chi connectivity index (χ0n) is 13.4. The van der Waals surface area contributed by atoms with E-state index < -0.39 is 0 Å². The summed E-state index contributed by atoms with van der Waals surface area (Å²) >= 11 is 15.3. The SMILES string of the molecule is Clc1ccc(CC(CCn2ccnc2)Sc2c(Br)cccc2Br)cc1. The highest BCUT2D eigenvalue weighted by Gasteiger charge is 2.16. The minimum atomic E-state index is 0.443. The minimum Gasteiger partial charge on any atom is -0.337 e. The summed E-state index contributed by atoms with van der Waals surface area (Å²) in [5, 5.41) is 1.22. The molecule has 0 saturated carbocycles. The van der Waals surface area contributed by atoms with Gasteiger partial charge in [-0.25, -0.2) is 4.98 Å². The van der Waals surface area contributed by atoms with E-state index in [0.717, 1.165) is 33.4 Å². The second kappa shape index (κ2) is 9.26. The quantitative estimate of drug-likeness (QED) is 0.330. The molecular formula is C19H17Br2ClN2S. The van der Waals surface area contributed by atoms with Crippen molar-refractivity contribution in [2.24, 2.45) is 0 Å². The van der Waals surface area contributed by atoms with Gasteiger partial charge in [-0.05, 0) is 74.5 Å². The van der Waals surface area contributed by atoms with Crippen LogP contribution in [0.3, 0.4) is 0 Å². The molecule has 0 aliphatic heterocycles. The highest BCUT2D eigenvalue weighted by molar-refractivity contribution is 9.11. The van der Waals surface area contributed by atoms with Gasteiger partial charge in [-0.1, -0.05) is 29.8 Å². The molecule has 0 aliphatic carbocycles. The van der Waals surface area contributed by atoms with Gasteiger partial charge in [0, 0.05) is 43.1 Å². The molecule has 0 fully saturated rings.